The van der Waals surface area contributed by atoms with Crippen molar-refractivity contribution in [2.75, 3.05) is 11.1 Å². The lowest BCUT2D eigenvalue weighted by Crippen LogP contribution is -2.04. The Morgan fingerprint density at radius 3 is 2.71 bits per heavy atom. The maximum Gasteiger partial charge on any atom is 0.416 e. The van der Waals surface area contributed by atoms with Crippen molar-refractivity contribution in [2.24, 2.45) is 0 Å². The summed E-state index contributed by atoms with van der Waals surface area (Å²) >= 11 is 1.66. The second-order valence-electron chi connectivity index (χ2n) is 7.87. The summed E-state index contributed by atoms with van der Waals surface area (Å²) in [5.74, 6) is 0.910. The van der Waals surface area contributed by atoms with Gasteiger partial charge in [-0.25, -0.2) is 0 Å². The molecule has 34 heavy (non-hydrogen) atoms. The highest BCUT2D eigenvalue weighted by Gasteiger charge is 2.30. The molecule has 0 saturated heterocycles. The lowest BCUT2D eigenvalue weighted by atomic mass is 10.1. The van der Waals surface area contributed by atoms with E-state index in [9.17, 15) is 13.2 Å². The molecule has 3 heterocycles. The number of anilines is 1. The zero-order chi connectivity index (χ0) is 23.8. The number of hydrogen-bond donors (Lipinski definition) is 1. The van der Waals surface area contributed by atoms with E-state index < -0.39 is 11.7 Å². The summed E-state index contributed by atoms with van der Waals surface area (Å²) in [6.07, 6.45) is 6.88. The molecule has 0 fully saturated rings. The number of benzene rings is 1. The fourth-order valence-electron chi connectivity index (χ4n) is 3.52. The largest absolute Gasteiger partial charge is 0.416 e. The van der Waals surface area contributed by atoms with Crippen LogP contribution < -0.4 is 5.32 Å². The molecule has 0 spiro atoms. The van der Waals surface area contributed by atoms with Gasteiger partial charge in [-0.05, 0) is 48.9 Å². The molecule has 3 aromatic heterocycles. The molecule has 4 rings (SSSR count). The van der Waals surface area contributed by atoms with E-state index in [1.165, 1.54) is 6.07 Å². The van der Waals surface area contributed by atoms with Crippen LogP contribution in [0.15, 0.2) is 66.1 Å². The Hall–Kier alpha value is -3.14. The van der Waals surface area contributed by atoms with Crippen molar-refractivity contribution < 1.29 is 13.2 Å². The van der Waals surface area contributed by atoms with Crippen molar-refractivity contribution in [1.29, 1.82) is 0 Å². The van der Waals surface area contributed by atoms with Gasteiger partial charge in [0, 0.05) is 35.4 Å². The third-order valence-electron chi connectivity index (χ3n) is 5.29. The topological polar surface area (TPSA) is 68.5 Å². The van der Waals surface area contributed by atoms with Crippen molar-refractivity contribution in [2.45, 2.75) is 49.8 Å². The van der Waals surface area contributed by atoms with E-state index in [2.05, 4.69) is 25.6 Å². The van der Waals surface area contributed by atoms with Gasteiger partial charge in [0.25, 0.3) is 0 Å². The van der Waals surface area contributed by atoms with Crippen molar-refractivity contribution in [3.63, 3.8) is 0 Å². The van der Waals surface area contributed by atoms with E-state index >= 15 is 0 Å². The SMILES string of the molecule is FC(F)(F)c1ccc2c(SCCCCCCn3cc(CNc4cccnc4)nn3)ccnc2c1. The van der Waals surface area contributed by atoms with Gasteiger partial charge in [0.1, 0.15) is 5.69 Å². The number of aryl methyl sites for hydroxylation is 1. The number of pyridine rings is 2. The molecule has 0 saturated carbocycles. The molecule has 178 valence electrons. The minimum atomic E-state index is -4.36. The summed E-state index contributed by atoms with van der Waals surface area (Å²) in [5, 5.41) is 12.4. The lowest BCUT2D eigenvalue weighted by Gasteiger charge is -2.10. The molecule has 1 N–H and O–H groups in total. The molecule has 4 aromatic rings. The number of halogens is 3. The first-order chi connectivity index (χ1) is 16.5. The number of rotatable bonds is 11. The number of alkyl halides is 3. The van der Waals surface area contributed by atoms with Crippen LogP contribution in [-0.4, -0.2) is 30.7 Å². The highest BCUT2D eigenvalue weighted by Crippen LogP contribution is 2.34. The summed E-state index contributed by atoms with van der Waals surface area (Å²) in [6, 6.07) is 9.46. The summed E-state index contributed by atoms with van der Waals surface area (Å²) < 4.78 is 40.7. The lowest BCUT2D eigenvalue weighted by molar-refractivity contribution is -0.137. The van der Waals surface area contributed by atoms with Gasteiger partial charge in [-0.2, -0.15) is 13.2 Å². The Bertz CT molecular complexity index is 1200. The van der Waals surface area contributed by atoms with Crippen LogP contribution in [0.25, 0.3) is 10.9 Å². The molecule has 0 aliphatic carbocycles. The third-order valence-corrected chi connectivity index (χ3v) is 6.45. The van der Waals surface area contributed by atoms with Gasteiger partial charge in [0.05, 0.1) is 29.5 Å². The predicted octanol–water partition coefficient (Wildman–Crippen LogP) is 6.20. The molecule has 0 atom stereocenters. The molecule has 0 bridgehead atoms. The Balaban J connectivity index is 1.15. The fraction of sp³-hybridized carbons (Fsp3) is 0.333. The van der Waals surface area contributed by atoms with Gasteiger partial charge in [-0.3, -0.25) is 14.6 Å². The minimum absolute atomic E-state index is 0.377. The molecule has 10 heteroatoms. The normalized spacial score (nSPS) is 11.7. The zero-order valence-electron chi connectivity index (χ0n) is 18.5. The standard InChI is InChI=1S/C24H25F3N6S/c25-24(26,27)18-7-8-21-22(14-18)29-11-9-23(21)34-13-4-2-1-3-12-33-17-20(31-32-33)16-30-19-6-5-10-28-15-19/h5-11,14-15,17,30H,1-4,12-13,16H2. The van der Waals surface area contributed by atoms with Crippen molar-refractivity contribution >= 4 is 28.4 Å². The number of hydrogen-bond acceptors (Lipinski definition) is 6. The van der Waals surface area contributed by atoms with E-state index in [1.807, 2.05) is 29.1 Å². The van der Waals surface area contributed by atoms with E-state index in [-0.39, 0.29) is 0 Å². The number of thioether (sulfide) groups is 1. The first-order valence-electron chi connectivity index (χ1n) is 11.1. The molecule has 1 aromatic carbocycles. The van der Waals surface area contributed by atoms with E-state index in [0.717, 1.165) is 71.8 Å². The van der Waals surface area contributed by atoms with Gasteiger partial charge in [0.15, 0.2) is 0 Å². The molecular formula is C24H25F3N6S. The Morgan fingerprint density at radius 1 is 1.00 bits per heavy atom. The quantitative estimate of drug-likeness (QED) is 0.201. The predicted molar refractivity (Wildman–Crippen MR) is 128 cm³/mol. The maximum absolute atomic E-state index is 12.9. The molecule has 0 aliphatic heterocycles. The maximum atomic E-state index is 12.9. The highest BCUT2D eigenvalue weighted by atomic mass is 32.2. The van der Waals surface area contributed by atoms with Crippen LogP contribution in [0.3, 0.4) is 0 Å². The van der Waals surface area contributed by atoms with Crippen LogP contribution in [0.1, 0.15) is 36.9 Å². The van der Waals surface area contributed by atoms with Crippen molar-refractivity contribution in [3.05, 3.63) is 72.4 Å². The van der Waals surface area contributed by atoms with E-state index in [0.29, 0.717) is 12.1 Å². The molecule has 0 unspecified atom stereocenters. The second kappa shape index (κ2) is 11.3. The van der Waals surface area contributed by atoms with Crippen LogP contribution in [-0.2, 0) is 19.3 Å². The third kappa shape index (κ3) is 6.69. The first-order valence-corrected chi connectivity index (χ1v) is 12.1. The van der Waals surface area contributed by atoms with Crippen LogP contribution in [0.2, 0.25) is 0 Å². The van der Waals surface area contributed by atoms with Crippen LogP contribution in [0, 0.1) is 0 Å². The van der Waals surface area contributed by atoms with Gasteiger partial charge >= 0.3 is 6.18 Å². The number of fused-ring (bicyclic) bond motifs is 1. The molecule has 6 nitrogen and oxygen atoms in total. The van der Waals surface area contributed by atoms with Gasteiger partial charge in [-0.1, -0.05) is 24.1 Å². The van der Waals surface area contributed by atoms with Crippen LogP contribution in [0.5, 0.6) is 0 Å². The van der Waals surface area contributed by atoms with Crippen LogP contribution >= 0.6 is 11.8 Å². The summed E-state index contributed by atoms with van der Waals surface area (Å²) in [6.45, 7) is 1.42. The number of nitrogens with one attached hydrogen (secondary N) is 1. The minimum Gasteiger partial charge on any atom is -0.378 e. The second-order valence-corrected chi connectivity index (χ2v) is 9.01. The number of nitrogens with zero attached hydrogens (tertiary/aromatic N) is 5. The molecule has 0 radical (unpaired) electrons. The van der Waals surface area contributed by atoms with E-state index in [4.69, 9.17) is 0 Å². The molecular weight excluding hydrogens is 461 g/mol. The van der Waals surface area contributed by atoms with Gasteiger partial charge < -0.3 is 5.32 Å². The summed E-state index contributed by atoms with van der Waals surface area (Å²) in [4.78, 5) is 9.14. The Kier molecular flexibility index (Phi) is 7.99. The average Bonchev–Trinajstić information content (AvgIpc) is 3.29. The van der Waals surface area contributed by atoms with Gasteiger partial charge in [-0.15, -0.1) is 16.9 Å². The Labute approximate surface area is 200 Å². The Morgan fingerprint density at radius 2 is 1.88 bits per heavy atom. The number of unbranched alkanes of at least 4 members (excludes halogenated alkanes) is 3. The summed E-state index contributed by atoms with van der Waals surface area (Å²) in [5.41, 5.74) is 1.54. The van der Waals surface area contributed by atoms with E-state index in [1.54, 1.807) is 30.4 Å². The highest BCUT2D eigenvalue weighted by molar-refractivity contribution is 7.99. The zero-order valence-corrected chi connectivity index (χ0v) is 19.3. The first kappa shape index (κ1) is 24.0. The van der Waals surface area contributed by atoms with Crippen molar-refractivity contribution in [1.82, 2.24) is 25.0 Å². The summed E-state index contributed by atoms with van der Waals surface area (Å²) in [7, 11) is 0. The average molecular weight is 487 g/mol. The monoisotopic (exact) mass is 486 g/mol. The van der Waals surface area contributed by atoms with Crippen molar-refractivity contribution in [3.8, 4) is 0 Å². The van der Waals surface area contributed by atoms with Crippen LogP contribution in [0.4, 0.5) is 18.9 Å². The molecule has 0 aliphatic rings. The number of aromatic nitrogens is 5. The smallest absolute Gasteiger partial charge is 0.378 e. The van der Waals surface area contributed by atoms with Gasteiger partial charge in [0.2, 0.25) is 0 Å². The molecule has 0 amide bonds. The fourth-order valence-corrected chi connectivity index (χ4v) is 4.58.